The molecule has 8 nitrogen and oxygen atoms in total. The first kappa shape index (κ1) is 16.1. The molecule has 124 valence electrons. The van der Waals surface area contributed by atoms with Gasteiger partial charge in [-0.15, -0.1) is 11.3 Å². The molecule has 3 rings (SSSR count). The minimum atomic E-state index is -0.864. The molecule has 0 aliphatic carbocycles. The second-order valence-corrected chi connectivity index (χ2v) is 6.69. The number of rotatable bonds is 3. The van der Waals surface area contributed by atoms with E-state index in [0.717, 1.165) is 10.6 Å². The summed E-state index contributed by atoms with van der Waals surface area (Å²) >= 11 is 1.37. The van der Waals surface area contributed by atoms with Gasteiger partial charge in [-0.05, 0) is 13.8 Å². The molecule has 0 amide bonds. The third-order valence-electron chi connectivity index (χ3n) is 3.92. The van der Waals surface area contributed by atoms with Crippen LogP contribution < -0.4 is 11.2 Å². The number of nitrogens with one attached hydrogen (secondary N) is 1. The number of ether oxygens (including phenoxy) is 1. The predicted molar refractivity (Wildman–Crippen MR) is 83.5 cm³/mol. The highest BCUT2D eigenvalue weighted by atomic mass is 32.1. The second kappa shape index (κ2) is 6.00. The number of aliphatic hydroxyl groups is 2. The summed E-state index contributed by atoms with van der Waals surface area (Å²) in [4.78, 5) is 31.7. The quantitative estimate of drug-likeness (QED) is 0.720. The Balaban J connectivity index is 2.04. The van der Waals surface area contributed by atoms with E-state index in [1.165, 1.54) is 22.1 Å². The van der Waals surface area contributed by atoms with E-state index in [1.807, 2.05) is 13.8 Å². The Hall–Kier alpha value is -1.81. The number of H-pyrrole nitrogens is 1. The van der Waals surface area contributed by atoms with Crippen LogP contribution in [-0.2, 0) is 4.74 Å². The smallest absolute Gasteiger partial charge is 0.330 e. The van der Waals surface area contributed by atoms with E-state index in [4.69, 9.17) is 9.84 Å². The van der Waals surface area contributed by atoms with E-state index in [0.29, 0.717) is 5.01 Å². The first-order chi connectivity index (χ1) is 10.9. The Morgan fingerprint density at radius 3 is 2.78 bits per heavy atom. The van der Waals surface area contributed by atoms with Gasteiger partial charge in [0.05, 0.1) is 24.0 Å². The highest BCUT2D eigenvalue weighted by Gasteiger charge is 2.35. The number of aromatic nitrogens is 3. The molecule has 0 radical (unpaired) electrons. The molecule has 0 bridgehead atoms. The van der Waals surface area contributed by atoms with Crippen LogP contribution in [-0.4, -0.2) is 43.6 Å². The Labute approximate surface area is 135 Å². The van der Waals surface area contributed by atoms with Crippen molar-refractivity contribution in [2.75, 3.05) is 6.61 Å². The third kappa shape index (κ3) is 2.88. The fourth-order valence-corrected chi connectivity index (χ4v) is 3.41. The SMILES string of the molecule is Cc1nc(-c2cn([C@H]3C[C@H](O)[C@@H](CO)O3)c(=O)[nH]c2=O)sc1C. The first-order valence-corrected chi connectivity index (χ1v) is 7.96. The summed E-state index contributed by atoms with van der Waals surface area (Å²) in [6.07, 6.45) is -0.793. The van der Waals surface area contributed by atoms with Crippen molar-refractivity contribution in [3.05, 3.63) is 37.6 Å². The predicted octanol–water partition coefficient (Wildman–Crippen LogP) is -0.0824. The molecule has 1 aliphatic rings. The Morgan fingerprint density at radius 2 is 2.22 bits per heavy atom. The van der Waals surface area contributed by atoms with Crippen LogP contribution in [0.15, 0.2) is 15.8 Å². The van der Waals surface area contributed by atoms with E-state index in [-0.39, 0.29) is 18.6 Å². The maximum absolute atomic E-state index is 12.1. The standard InChI is InChI=1S/C14H17N3O5S/c1-6-7(2)23-13(15-6)8-4-17(14(21)16-12(8)20)11-3-9(19)10(5-18)22-11/h4,9-11,18-19H,3,5H2,1-2H3,(H,16,20,21)/t9-,10+,11+/m0/s1. The Bertz CT molecular complexity index is 820. The molecule has 0 saturated carbocycles. The van der Waals surface area contributed by atoms with Crippen molar-refractivity contribution in [1.82, 2.24) is 14.5 Å². The number of aliphatic hydroxyl groups excluding tert-OH is 2. The summed E-state index contributed by atoms with van der Waals surface area (Å²) in [7, 11) is 0. The zero-order valence-electron chi connectivity index (χ0n) is 12.6. The van der Waals surface area contributed by atoms with E-state index >= 15 is 0 Å². The van der Waals surface area contributed by atoms with Crippen LogP contribution >= 0.6 is 11.3 Å². The third-order valence-corrected chi connectivity index (χ3v) is 5.03. The molecule has 3 heterocycles. The molecule has 3 atom stereocenters. The Morgan fingerprint density at radius 1 is 1.48 bits per heavy atom. The lowest BCUT2D eigenvalue weighted by atomic mass is 10.2. The van der Waals surface area contributed by atoms with Gasteiger partial charge in [-0.25, -0.2) is 9.78 Å². The first-order valence-electron chi connectivity index (χ1n) is 7.15. The van der Waals surface area contributed by atoms with Gasteiger partial charge < -0.3 is 14.9 Å². The summed E-state index contributed by atoms with van der Waals surface area (Å²) in [5, 5.41) is 19.5. The van der Waals surface area contributed by atoms with Crippen molar-refractivity contribution in [2.45, 2.75) is 38.7 Å². The molecule has 1 fully saturated rings. The van der Waals surface area contributed by atoms with Crippen molar-refractivity contribution < 1.29 is 14.9 Å². The normalized spacial score (nSPS) is 24.3. The molecular weight excluding hydrogens is 322 g/mol. The largest absolute Gasteiger partial charge is 0.394 e. The zero-order chi connectivity index (χ0) is 16.7. The van der Waals surface area contributed by atoms with Crippen LogP contribution in [0.3, 0.4) is 0 Å². The topological polar surface area (TPSA) is 117 Å². The Kier molecular flexibility index (Phi) is 4.19. The van der Waals surface area contributed by atoms with Crippen LogP contribution in [0.5, 0.6) is 0 Å². The van der Waals surface area contributed by atoms with Crippen molar-refractivity contribution >= 4 is 11.3 Å². The number of aromatic amines is 1. The second-order valence-electron chi connectivity index (χ2n) is 5.48. The number of thiazole rings is 1. The molecule has 1 aliphatic heterocycles. The summed E-state index contributed by atoms with van der Waals surface area (Å²) in [6, 6.07) is 0. The molecule has 23 heavy (non-hydrogen) atoms. The molecule has 1 saturated heterocycles. The van der Waals surface area contributed by atoms with E-state index in [9.17, 15) is 14.7 Å². The van der Waals surface area contributed by atoms with Crippen molar-refractivity contribution in [1.29, 1.82) is 0 Å². The van der Waals surface area contributed by atoms with Crippen LogP contribution in [0, 0.1) is 13.8 Å². The summed E-state index contributed by atoms with van der Waals surface area (Å²) in [5.41, 5.74) is -0.0387. The summed E-state index contributed by atoms with van der Waals surface area (Å²) < 4.78 is 6.70. The highest BCUT2D eigenvalue weighted by Crippen LogP contribution is 2.29. The van der Waals surface area contributed by atoms with Crippen LogP contribution in [0.25, 0.3) is 10.6 Å². The van der Waals surface area contributed by atoms with Gasteiger partial charge in [0.15, 0.2) is 0 Å². The zero-order valence-corrected chi connectivity index (χ0v) is 13.5. The van der Waals surface area contributed by atoms with Crippen LogP contribution in [0.2, 0.25) is 0 Å². The van der Waals surface area contributed by atoms with Gasteiger partial charge in [0.1, 0.15) is 17.3 Å². The lowest BCUT2D eigenvalue weighted by Crippen LogP contribution is -2.33. The van der Waals surface area contributed by atoms with Crippen molar-refractivity contribution in [2.24, 2.45) is 0 Å². The molecule has 9 heteroatoms. The van der Waals surface area contributed by atoms with Crippen molar-refractivity contribution in [3.63, 3.8) is 0 Å². The number of hydrogen-bond donors (Lipinski definition) is 3. The number of hydrogen-bond acceptors (Lipinski definition) is 7. The molecular formula is C14H17N3O5S. The molecule has 0 aromatic carbocycles. The average Bonchev–Trinajstić information content (AvgIpc) is 3.02. The molecule has 3 N–H and O–H groups in total. The van der Waals surface area contributed by atoms with Gasteiger partial charge >= 0.3 is 5.69 Å². The van der Waals surface area contributed by atoms with Gasteiger partial charge in [0.25, 0.3) is 5.56 Å². The summed E-state index contributed by atoms with van der Waals surface area (Å²) in [5.74, 6) is 0. The maximum Gasteiger partial charge on any atom is 0.330 e. The van der Waals surface area contributed by atoms with E-state index in [2.05, 4.69) is 9.97 Å². The minimum absolute atomic E-state index is 0.159. The fraction of sp³-hybridized carbons (Fsp3) is 0.500. The molecule has 2 aromatic rings. The molecule has 0 spiro atoms. The minimum Gasteiger partial charge on any atom is -0.394 e. The lowest BCUT2D eigenvalue weighted by molar-refractivity contribution is -0.0458. The van der Waals surface area contributed by atoms with Crippen LogP contribution in [0.4, 0.5) is 0 Å². The lowest BCUT2D eigenvalue weighted by Gasteiger charge is -2.14. The summed E-state index contributed by atoms with van der Waals surface area (Å²) in [6.45, 7) is 3.42. The maximum atomic E-state index is 12.1. The van der Waals surface area contributed by atoms with Gasteiger partial charge in [-0.2, -0.15) is 0 Å². The van der Waals surface area contributed by atoms with Gasteiger partial charge in [0, 0.05) is 17.5 Å². The van der Waals surface area contributed by atoms with E-state index in [1.54, 1.807) is 0 Å². The molecule has 0 unspecified atom stereocenters. The monoisotopic (exact) mass is 339 g/mol. The van der Waals surface area contributed by atoms with E-state index < -0.39 is 29.7 Å². The van der Waals surface area contributed by atoms with Crippen molar-refractivity contribution in [3.8, 4) is 10.6 Å². The number of aryl methyl sites for hydroxylation is 2. The van der Waals surface area contributed by atoms with Crippen LogP contribution in [0.1, 0.15) is 23.2 Å². The highest BCUT2D eigenvalue weighted by molar-refractivity contribution is 7.15. The fourth-order valence-electron chi connectivity index (χ4n) is 2.49. The molecule has 2 aromatic heterocycles. The number of nitrogens with zero attached hydrogens (tertiary/aromatic N) is 2. The average molecular weight is 339 g/mol. The van der Waals surface area contributed by atoms with Gasteiger partial charge in [-0.1, -0.05) is 0 Å². The van der Waals surface area contributed by atoms with Gasteiger partial charge in [0.2, 0.25) is 0 Å². The van der Waals surface area contributed by atoms with Gasteiger partial charge in [-0.3, -0.25) is 14.3 Å².